The van der Waals surface area contributed by atoms with Gasteiger partial charge in [-0.15, -0.1) is 0 Å². The van der Waals surface area contributed by atoms with Crippen molar-refractivity contribution in [1.82, 2.24) is 4.90 Å². The first-order valence-corrected chi connectivity index (χ1v) is 6.78. The zero-order valence-electron chi connectivity index (χ0n) is 12.3. The van der Waals surface area contributed by atoms with Crippen LogP contribution in [0.5, 0.6) is 0 Å². The lowest BCUT2D eigenvalue weighted by molar-refractivity contribution is -0.0343. The van der Waals surface area contributed by atoms with Crippen LogP contribution >= 0.6 is 0 Å². The summed E-state index contributed by atoms with van der Waals surface area (Å²) in [6, 6.07) is 0. The summed E-state index contributed by atoms with van der Waals surface area (Å²) in [6.07, 6.45) is 1.48. The molecule has 0 unspecified atom stereocenters. The Kier molecular flexibility index (Phi) is 5.61. The van der Waals surface area contributed by atoms with Gasteiger partial charge in [0.1, 0.15) is 11.7 Å². The van der Waals surface area contributed by atoms with Gasteiger partial charge in [-0.25, -0.2) is 11.4 Å². The fourth-order valence-electron chi connectivity index (χ4n) is 2.00. The van der Waals surface area contributed by atoms with E-state index in [9.17, 15) is 4.79 Å². The summed E-state index contributed by atoms with van der Waals surface area (Å²) in [5.74, 6) is 0. The van der Waals surface area contributed by atoms with E-state index in [2.05, 4.69) is 4.85 Å². The van der Waals surface area contributed by atoms with E-state index in [4.69, 9.17) is 16.0 Å². The van der Waals surface area contributed by atoms with Gasteiger partial charge in [0, 0.05) is 13.1 Å². The van der Waals surface area contributed by atoms with Crippen LogP contribution < -0.4 is 0 Å². The van der Waals surface area contributed by atoms with Crippen LogP contribution in [0, 0.1) is 6.57 Å². The fraction of sp³-hybridized carbons (Fsp3) is 0.857. The molecule has 0 radical (unpaired) electrons. The molecule has 1 amide bonds. The third-order valence-electron chi connectivity index (χ3n) is 2.87. The second-order valence-corrected chi connectivity index (χ2v) is 5.95. The molecule has 5 heteroatoms. The third kappa shape index (κ3) is 5.93. The predicted molar refractivity (Wildman–Crippen MR) is 72.8 cm³/mol. The van der Waals surface area contributed by atoms with Gasteiger partial charge < -0.3 is 19.2 Å². The smallest absolute Gasteiger partial charge is 0.410 e. The first-order valence-electron chi connectivity index (χ1n) is 6.78. The molecule has 1 atom stereocenters. The molecule has 0 bridgehead atoms. The highest BCUT2D eigenvalue weighted by atomic mass is 16.6. The predicted octanol–water partition coefficient (Wildman–Crippen LogP) is 2.71. The number of carbonyl (C=O) groups excluding carboxylic acids is 1. The molecule has 0 aliphatic carbocycles. The molecular formula is C14H24N2O3. The highest BCUT2D eigenvalue weighted by Crippen LogP contribution is 2.18. The Morgan fingerprint density at radius 1 is 1.42 bits per heavy atom. The van der Waals surface area contributed by atoms with Crippen LogP contribution in [0.2, 0.25) is 0 Å². The summed E-state index contributed by atoms with van der Waals surface area (Å²) in [5, 5.41) is 0. The van der Waals surface area contributed by atoms with E-state index in [1.54, 1.807) is 4.90 Å². The summed E-state index contributed by atoms with van der Waals surface area (Å²) in [4.78, 5) is 16.9. The van der Waals surface area contributed by atoms with E-state index >= 15 is 0 Å². The molecule has 1 aliphatic heterocycles. The van der Waals surface area contributed by atoms with Crippen LogP contribution in [0.15, 0.2) is 0 Å². The molecule has 19 heavy (non-hydrogen) atoms. The molecule has 1 aliphatic rings. The molecule has 1 saturated heterocycles. The van der Waals surface area contributed by atoms with Crippen molar-refractivity contribution in [3.05, 3.63) is 11.4 Å². The van der Waals surface area contributed by atoms with Crippen molar-refractivity contribution < 1.29 is 14.3 Å². The Morgan fingerprint density at radius 3 is 2.47 bits per heavy atom. The summed E-state index contributed by atoms with van der Waals surface area (Å²) in [7, 11) is 0. The Bertz CT molecular complexity index is 336. The first-order chi connectivity index (χ1) is 8.81. The summed E-state index contributed by atoms with van der Waals surface area (Å²) < 4.78 is 11.1. The van der Waals surface area contributed by atoms with Gasteiger partial charge in [-0.3, -0.25) is 0 Å². The molecule has 108 valence electrons. The molecule has 1 rings (SSSR count). The van der Waals surface area contributed by atoms with Crippen LogP contribution in [0.4, 0.5) is 4.79 Å². The molecule has 0 aromatic heterocycles. The van der Waals surface area contributed by atoms with E-state index in [0.717, 1.165) is 12.8 Å². The number of piperidine rings is 1. The number of hydrogen-bond donors (Lipinski definition) is 0. The number of amides is 1. The molecule has 0 aromatic carbocycles. The topological polar surface area (TPSA) is 43.1 Å². The molecule has 1 fully saturated rings. The van der Waals surface area contributed by atoms with Crippen LogP contribution in [0.3, 0.4) is 0 Å². The third-order valence-corrected chi connectivity index (χ3v) is 2.87. The van der Waals surface area contributed by atoms with E-state index in [-0.39, 0.29) is 18.3 Å². The summed E-state index contributed by atoms with van der Waals surface area (Å²) in [6.45, 7) is 16.0. The van der Waals surface area contributed by atoms with Crippen molar-refractivity contribution in [1.29, 1.82) is 0 Å². The van der Waals surface area contributed by atoms with Gasteiger partial charge in [0.05, 0.1) is 6.10 Å². The van der Waals surface area contributed by atoms with Crippen LogP contribution in [0.25, 0.3) is 4.85 Å². The molecule has 0 spiro atoms. The van der Waals surface area contributed by atoms with E-state index < -0.39 is 5.60 Å². The maximum absolute atomic E-state index is 11.9. The van der Waals surface area contributed by atoms with Crippen molar-refractivity contribution in [2.75, 3.05) is 19.6 Å². The van der Waals surface area contributed by atoms with Gasteiger partial charge in [-0.05, 0) is 40.5 Å². The van der Waals surface area contributed by atoms with Crippen LogP contribution in [-0.4, -0.2) is 48.4 Å². The van der Waals surface area contributed by atoms with E-state index in [1.807, 2.05) is 27.7 Å². The second-order valence-electron chi connectivity index (χ2n) is 5.95. The van der Waals surface area contributed by atoms with Crippen molar-refractivity contribution in [3.8, 4) is 0 Å². The lowest BCUT2D eigenvalue weighted by Crippen LogP contribution is -2.44. The standard InChI is InChI=1S/C14H24N2O3/c1-11(10-15-5)18-12-6-8-16(9-7-12)13(17)19-14(2,3)4/h11-12H,6-10H2,1-4H3/t11-/m0/s1. The lowest BCUT2D eigenvalue weighted by Gasteiger charge is -2.33. The number of rotatable bonds is 3. The monoisotopic (exact) mass is 268 g/mol. The second kappa shape index (κ2) is 6.76. The summed E-state index contributed by atoms with van der Waals surface area (Å²) >= 11 is 0. The zero-order valence-corrected chi connectivity index (χ0v) is 12.3. The number of ether oxygens (including phenoxy) is 2. The number of carbonyl (C=O) groups is 1. The maximum Gasteiger partial charge on any atom is 0.410 e. The van der Waals surface area contributed by atoms with Crippen molar-refractivity contribution in [3.63, 3.8) is 0 Å². The van der Waals surface area contributed by atoms with Gasteiger partial charge in [-0.2, -0.15) is 0 Å². The maximum atomic E-state index is 11.9. The number of nitrogens with zero attached hydrogens (tertiary/aromatic N) is 2. The van der Waals surface area contributed by atoms with Crippen molar-refractivity contribution in [2.45, 2.75) is 58.3 Å². The molecule has 5 nitrogen and oxygen atoms in total. The van der Waals surface area contributed by atoms with E-state index in [1.165, 1.54) is 0 Å². The van der Waals surface area contributed by atoms with Gasteiger partial charge >= 0.3 is 6.09 Å². The highest BCUT2D eigenvalue weighted by molar-refractivity contribution is 5.68. The molecule has 0 N–H and O–H groups in total. The SMILES string of the molecule is [C-]#[N+]C[C@H](C)OC1CCN(C(=O)OC(C)(C)C)CC1. The fourth-order valence-corrected chi connectivity index (χ4v) is 2.00. The van der Waals surface area contributed by atoms with Crippen molar-refractivity contribution in [2.24, 2.45) is 0 Å². The van der Waals surface area contributed by atoms with Gasteiger partial charge in [0.15, 0.2) is 0 Å². The minimum atomic E-state index is -0.450. The lowest BCUT2D eigenvalue weighted by atomic mass is 10.1. The van der Waals surface area contributed by atoms with Gasteiger partial charge in [-0.1, -0.05) is 0 Å². The van der Waals surface area contributed by atoms with Crippen molar-refractivity contribution >= 4 is 6.09 Å². The average molecular weight is 268 g/mol. The molecule has 0 aromatic rings. The first kappa shape index (κ1) is 15.8. The minimum Gasteiger partial charge on any atom is -0.444 e. The van der Waals surface area contributed by atoms with E-state index in [0.29, 0.717) is 19.6 Å². The molecule has 0 saturated carbocycles. The number of hydrogen-bond acceptors (Lipinski definition) is 3. The van der Waals surface area contributed by atoms with Crippen LogP contribution in [-0.2, 0) is 9.47 Å². The minimum absolute atomic E-state index is 0.0319. The Labute approximate surface area is 115 Å². The molecular weight excluding hydrogens is 244 g/mol. The number of likely N-dealkylation sites (tertiary alicyclic amines) is 1. The Morgan fingerprint density at radius 2 is 2.00 bits per heavy atom. The summed E-state index contributed by atoms with van der Waals surface area (Å²) in [5.41, 5.74) is -0.450. The Hall–Kier alpha value is -1.28. The molecule has 1 heterocycles. The normalized spacial score (nSPS) is 18.8. The quantitative estimate of drug-likeness (QED) is 0.739. The largest absolute Gasteiger partial charge is 0.444 e. The average Bonchev–Trinajstić information content (AvgIpc) is 2.27. The van der Waals surface area contributed by atoms with Crippen LogP contribution in [0.1, 0.15) is 40.5 Å². The highest BCUT2D eigenvalue weighted by Gasteiger charge is 2.28. The van der Waals surface area contributed by atoms with Gasteiger partial charge in [0.25, 0.3) is 0 Å². The zero-order chi connectivity index (χ0) is 14.5. The van der Waals surface area contributed by atoms with Gasteiger partial charge in [0.2, 0.25) is 6.54 Å². The Balaban J connectivity index is 2.33.